The van der Waals surface area contributed by atoms with Crippen LogP contribution in [0.25, 0.3) is 0 Å². The Kier molecular flexibility index (Phi) is 7.69. The lowest BCUT2D eigenvalue weighted by atomic mass is 10.0. The molecule has 0 saturated carbocycles. The highest BCUT2D eigenvalue weighted by Gasteiger charge is 2.05. The summed E-state index contributed by atoms with van der Waals surface area (Å²) in [4.78, 5) is 0. The van der Waals surface area contributed by atoms with Crippen LogP contribution >= 0.6 is 0 Å². The van der Waals surface area contributed by atoms with Crippen LogP contribution in [-0.2, 0) is 6.42 Å². The Balaban J connectivity index is 1.85. The van der Waals surface area contributed by atoms with E-state index in [1.807, 2.05) is 48.5 Å². The molecule has 4 N–H and O–H groups in total. The largest absolute Gasteiger partial charge is 0.491 e. The molecule has 25 heavy (non-hydrogen) atoms. The average Bonchev–Trinajstić information content (AvgIpc) is 2.66. The van der Waals surface area contributed by atoms with Gasteiger partial charge >= 0.3 is 0 Å². The molecule has 0 amide bonds. The monoisotopic (exact) mass is 348 g/mol. The summed E-state index contributed by atoms with van der Waals surface area (Å²) in [7, 11) is 0. The molecule has 0 aliphatic carbocycles. The third kappa shape index (κ3) is 6.72. The molecule has 0 aliphatic heterocycles. The van der Waals surface area contributed by atoms with E-state index in [1.54, 1.807) is 0 Å². The smallest absolute Gasteiger partial charge is 0.119 e. The molecular weight excluding hydrogens is 324 g/mol. The minimum atomic E-state index is -0.876. The standard InChI is InChI=1S/C19H24O6/c20-10-16(22)12-24-18-5-1-14(2-6-18)9-15-3-7-19(8-4-15)25-13-17(23)11-21/h1-8,16-17,20-23H,9-13H2. The highest BCUT2D eigenvalue weighted by atomic mass is 16.5. The Hall–Kier alpha value is -2.12. The van der Waals surface area contributed by atoms with E-state index < -0.39 is 12.2 Å². The molecule has 0 aromatic heterocycles. The summed E-state index contributed by atoms with van der Waals surface area (Å²) in [6, 6.07) is 15.1. The summed E-state index contributed by atoms with van der Waals surface area (Å²) >= 11 is 0. The quantitative estimate of drug-likeness (QED) is 0.505. The van der Waals surface area contributed by atoms with E-state index in [4.69, 9.17) is 19.7 Å². The number of aliphatic hydroxyl groups is 4. The summed E-state index contributed by atoms with van der Waals surface area (Å²) in [6.07, 6.45) is -1.00. The first-order valence-electron chi connectivity index (χ1n) is 8.12. The third-order valence-corrected chi connectivity index (χ3v) is 3.56. The summed E-state index contributed by atoms with van der Waals surface area (Å²) < 4.78 is 10.7. The maximum Gasteiger partial charge on any atom is 0.119 e. The molecule has 136 valence electrons. The molecule has 2 aromatic rings. The average molecular weight is 348 g/mol. The van der Waals surface area contributed by atoms with Crippen LogP contribution in [0.2, 0.25) is 0 Å². The molecule has 2 atom stereocenters. The Morgan fingerprint density at radius 2 is 1.00 bits per heavy atom. The van der Waals surface area contributed by atoms with Gasteiger partial charge in [-0.05, 0) is 41.8 Å². The molecule has 0 radical (unpaired) electrons. The predicted molar refractivity (Wildman–Crippen MR) is 92.9 cm³/mol. The van der Waals surface area contributed by atoms with Crippen LogP contribution in [0.5, 0.6) is 11.5 Å². The fourth-order valence-electron chi connectivity index (χ4n) is 2.13. The Labute approximate surface area is 146 Å². The Morgan fingerprint density at radius 1 is 0.640 bits per heavy atom. The van der Waals surface area contributed by atoms with Crippen molar-refractivity contribution in [3.63, 3.8) is 0 Å². The van der Waals surface area contributed by atoms with Gasteiger partial charge in [0.05, 0.1) is 13.2 Å². The van der Waals surface area contributed by atoms with Gasteiger partial charge in [-0.2, -0.15) is 0 Å². The van der Waals surface area contributed by atoms with Crippen LogP contribution in [-0.4, -0.2) is 59.1 Å². The minimum Gasteiger partial charge on any atom is -0.491 e. The van der Waals surface area contributed by atoms with Crippen LogP contribution in [0.15, 0.2) is 48.5 Å². The molecule has 2 rings (SSSR count). The summed E-state index contributed by atoms with van der Waals surface area (Å²) in [6.45, 7) is -0.530. The van der Waals surface area contributed by atoms with Crippen molar-refractivity contribution in [2.24, 2.45) is 0 Å². The van der Waals surface area contributed by atoms with Gasteiger partial charge in [-0.1, -0.05) is 24.3 Å². The first-order valence-corrected chi connectivity index (χ1v) is 8.12. The summed E-state index contributed by atoms with van der Waals surface area (Å²) in [5.41, 5.74) is 2.22. The van der Waals surface area contributed by atoms with Crippen molar-refractivity contribution in [1.29, 1.82) is 0 Å². The molecule has 2 unspecified atom stereocenters. The lowest BCUT2D eigenvalue weighted by molar-refractivity contribution is 0.0536. The lowest BCUT2D eigenvalue weighted by Gasteiger charge is -2.11. The summed E-state index contributed by atoms with van der Waals surface area (Å²) in [5.74, 6) is 1.28. The molecule has 0 spiro atoms. The second-order valence-electron chi connectivity index (χ2n) is 5.76. The topological polar surface area (TPSA) is 99.4 Å². The zero-order valence-corrected chi connectivity index (χ0v) is 13.9. The van der Waals surface area contributed by atoms with Crippen LogP contribution < -0.4 is 9.47 Å². The van der Waals surface area contributed by atoms with Gasteiger partial charge in [-0.15, -0.1) is 0 Å². The van der Waals surface area contributed by atoms with Crippen molar-refractivity contribution >= 4 is 0 Å². The fraction of sp³-hybridized carbons (Fsp3) is 0.368. The molecule has 6 nitrogen and oxygen atoms in total. The fourth-order valence-corrected chi connectivity index (χ4v) is 2.13. The molecule has 0 bridgehead atoms. The van der Waals surface area contributed by atoms with Crippen molar-refractivity contribution in [3.8, 4) is 11.5 Å². The molecule has 0 heterocycles. The zero-order chi connectivity index (χ0) is 18.1. The molecule has 2 aromatic carbocycles. The molecule has 0 aliphatic rings. The molecule has 6 heteroatoms. The van der Waals surface area contributed by atoms with Crippen molar-refractivity contribution < 1.29 is 29.9 Å². The van der Waals surface area contributed by atoms with E-state index in [0.29, 0.717) is 11.5 Å². The van der Waals surface area contributed by atoms with E-state index in [9.17, 15) is 10.2 Å². The van der Waals surface area contributed by atoms with Crippen molar-refractivity contribution in [3.05, 3.63) is 59.7 Å². The van der Waals surface area contributed by atoms with Crippen LogP contribution in [0.4, 0.5) is 0 Å². The first kappa shape index (κ1) is 19.2. The first-order chi connectivity index (χ1) is 12.1. The van der Waals surface area contributed by atoms with Gasteiger partial charge < -0.3 is 29.9 Å². The van der Waals surface area contributed by atoms with Gasteiger partial charge in [-0.25, -0.2) is 0 Å². The Morgan fingerprint density at radius 3 is 1.32 bits per heavy atom. The highest BCUT2D eigenvalue weighted by molar-refractivity contribution is 5.34. The number of benzene rings is 2. The van der Waals surface area contributed by atoms with Crippen LogP contribution in [0, 0.1) is 0 Å². The lowest BCUT2D eigenvalue weighted by Crippen LogP contribution is -2.21. The molecule has 0 saturated heterocycles. The SMILES string of the molecule is OCC(O)COc1ccc(Cc2ccc(OCC(O)CO)cc2)cc1. The van der Waals surface area contributed by atoms with Crippen LogP contribution in [0.1, 0.15) is 11.1 Å². The van der Waals surface area contributed by atoms with Gasteiger partial charge in [0.25, 0.3) is 0 Å². The predicted octanol–water partition coefficient (Wildman–Crippen LogP) is 0.741. The highest BCUT2D eigenvalue weighted by Crippen LogP contribution is 2.18. The maximum absolute atomic E-state index is 9.26. The number of rotatable bonds is 10. The van der Waals surface area contributed by atoms with Crippen molar-refractivity contribution in [2.75, 3.05) is 26.4 Å². The Bertz CT molecular complexity index is 555. The van der Waals surface area contributed by atoms with Crippen LogP contribution in [0.3, 0.4) is 0 Å². The molecule has 0 fully saturated rings. The van der Waals surface area contributed by atoms with E-state index in [0.717, 1.165) is 17.5 Å². The van der Waals surface area contributed by atoms with E-state index >= 15 is 0 Å². The summed E-state index contributed by atoms with van der Waals surface area (Å²) in [5, 5.41) is 36.0. The maximum atomic E-state index is 9.26. The van der Waals surface area contributed by atoms with Gasteiger partial charge in [0.1, 0.15) is 36.9 Å². The normalized spacial score (nSPS) is 13.3. The van der Waals surface area contributed by atoms with Gasteiger partial charge in [0.2, 0.25) is 0 Å². The van der Waals surface area contributed by atoms with E-state index in [1.165, 1.54) is 0 Å². The number of ether oxygens (including phenoxy) is 2. The number of hydrogen-bond donors (Lipinski definition) is 4. The molecular formula is C19H24O6. The van der Waals surface area contributed by atoms with Gasteiger partial charge in [-0.3, -0.25) is 0 Å². The second-order valence-corrected chi connectivity index (χ2v) is 5.76. The number of aliphatic hydroxyl groups excluding tert-OH is 4. The van der Waals surface area contributed by atoms with Crippen molar-refractivity contribution in [1.82, 2.24) is 0 Å². The van der Waals surface area contributed by atoms with E-state index in [2.05, 4.69) is 0 Å². The number of hydrogen-bond acceptors (Lipinski definition) is 6. The van der Waals surface area contributed by atoms with Gasteiger partial charge in [0, 0.05) is 0 Å². The van der Waals surface area contributed by atoms with Crippen molar-refractivity contribution in [2.45, 2.75) is 18.6 Å². The van der Waals surface area contributed by atoms with Gasteiger partial charge in [0.15, 0.2) is 0 Å². The third-order valence-electron chi connectivity index (χ3n) is 3.56. The van der Waals surface area contributed by atoms with E-state index in [-0.39, 0.29) is 26.4 Å². The second kappa shape index (κ2) is 10.0. The zero-order valence-electron chi connectivity index (χ0n) is 13.9. The minimum absolute atomic E-state index is 0.0578.